The summed E-state index contributed by atoms with van der Waals surface area (Å²) in [5, 5.41) is 2.92. The highest BCUT2D eigenvalue weighted by Gasteiger charge is 2.29. The minimum absolute atomic E-state index is 0.148. The van der Waals surface area contributed by atoms with Crippen molar-refractivity contribution in [2.45, 2.75) is 38.1 Å². The van der Waals surface area contributed by atoms with Gasteiger partial charge >= 0.3 is 0 Å². The molecule has 6 nitrogen and oxygen atoms in total. The van der Waals surface area contributed by atoms with Crippen molar-refractivity contribution in [1.29, 1.82) is 0 Å². The van der Waals surface area contributed by atoms with Crippen LogP contribution < -0.4 is 14.4 Å². The molecule has 0 aliphatic rings. The zero-order chi connectivity index (χ0) is 24.0. The number of para-hydroxylation sites is 1. The molecule has 3 aromatic carbocycles. The standard InChI is InChI=1S/C26H30N2O4S/c1-5-21-8-6-7-9-25(21)28(33(30,31)24-16-10-19(2)11-17-24)18-26(29)27-20(3)22-12-14-23(32-4)15-13-22/h6-17,20H,5,18H2,1-4H3,(H,27,29)/t20-/m0/s1. The number of benzene rings is 3. The van der Waals surface area contributed by atoms with Crippen LogP contribution in [0.25, 0.3) is 0 Å². The van der Waals surface area contributed by atoms with Crippen molar-refractivity contribution in [2.75, 3.05) is 18.0 Å². The number of rotatable bonds is 9. The van der Waals surface area contributed by atoms with Gasteiger partial charge in [-0.2, -0.15) is 0 Å². The zero-order valence-electron chi connectivity index (χ0n) is 19.4. The SMILES string of the molecule is CCc1ccccc1N(CC(=O)N[C@@H](C)c1ccc(OC)cc1)S(=O)(=O)c1ccc(C)cc1. The van der Waals surface area contributed by atoms with Crippen molar-refractivity contribution in [1.82, 2.24) is 5.32 Å². The maximum absolute atomic E-state index is 13.6. The molecule has 0 saturated heterocycles. The van der Waals surface area contributed by atoms with Crippen LogP contribution in [0.15, 0.2) is 77.7 Å². The Morgan fingerprint density at radius 2 is 1.64 bits per heavy atom. The van der Waals surface area contributed by atoms with Crippen molar-refractivity contribution < 1.29 is 17.9 Å². The Morgan fingerprint density at radius 3 is 2.24 bits per heavy atom. The number of methoxy groups -OCH3 is 1. The van der Waals surface area contributed by atoms with E-state index in [2.05, 4.69) is 5.32 Å². The fourth-order valence-electron chi connectivity index (χ4n) is 3.58. The Kier molecular flexibility index (Phi) is 7.76. The normalized spacial score (nSPS) is 12.1. The van der Waals surface area contributed by atoms with E-state index in [1.165, 1.54) is 4.31 Å². The monoisotopic (exact) mass is 466 g/mol. The van der Waals surface area contributed by atoms with Crippen molar-refractivity contribution in [3.05, 3.63) is 89.5 Å². The highest BCUT2D eigenvalue weighted by molar-refractivity contribution is 7.92. The summed E-state index contributed by atoms with van der Waals surface area (Å²) >= 11 is 0. The smallest absolute Gasteiger partial charge is 0.264 e. The van der Waals surface area contributed by atoms with Crippen LogP contribution in [-0.4, -0.2) is 28.0 Å². The molecule has 3 aromatic rings. The summed E-state index contributed by atoms with van der Waals surface area (Å²) in [7, 11) is -2.36. The van der Waals surface area contributed by atoms with Crippen LogP contribution in [0.2, 0.25) is 0 Å². The summed E-state index contributed by atoms with van der Waals surface area (Å²) in [5.41, 5.74) is 3.21. The number of sulfonamides is 1. The molecule has 0 unspecified atom stereocenters. The molecule has 33 heavy (non-hydrogen) atoms. The lowest BCUT2D eigenvalue weighted by Crippen LogP contribution is -2.42. The molecule has 0 aliphatic heterocycles. The number of ether oxygens (including phenoxy) is 1. The third-order valence-corrected chi connectivity index (χ3v) is 7.30. The molecule has 0 aliphatic carbocycles. The minimum atomic E-state index is -3.95. The topological polar surface area (TPSA) is 75.7 Å². The number of amides is 1. The quantitative estimate of drug-likeness (QED) is 0.499. The Morgan fingerprint density at radius 1 is 1.00 bits per heavy atom. The summed E-state index contributed by atoms with van der Waals surface area (Å²) in [6.45, 7) is 5.39. The second-order valence-corrected chi connectivity index (χ2v) is 9.73. The lowest BCUT2D eigenvalue weighted by Gasteiger charge is -2.27. The van der Waals surface area contributed by atoms with Crippen LogP contribution in [0, 0.1) is 6.92 Å². The van der Waals surface area contributed by atoms with Gasteiger partial charge in [-0.05, 0) is 61.7 Å². The maximum atomic E-state index is 13.6. The molecule has 3 rings (SSSR count). The van der Waals surface area contributed by atoms with Crippen LogP contribution in [0.1, 0.15) is 36.6 Å². The highest BCUT2D eigenvalue weighted by Crippen LogP contribution is 2.28. The van der Waals surface area contributed by atoms with Gasteiger partial charge in [0.2, 0.25) is 5.91 Å². The third-order valence-electron chi connectivity index (χ3n) is 5.53. The largest absolute Gasteiger partial charge is 0.497 e. The number of hydrogen-bond donors (Lipinski definition) is 1. The van der Waals surface area contributed by atoms with E-state index in [1.54, 1.807) is 43.5 Å². The lowest BCUT2D eigenvalue weighted by molar-refractivity contribution is -0.120. The summed E-state index contributed by atoms with van der Waals surface area (Å²) in [4.78, 5) is 13.2. The predicted molar refractivity (Wildman–Crippen MR) is 131 cm³/mol. The van der Waals surface area contributed by atoms with E-state index < -0.39 is 10.0 Å². The number of aryl methyl sites for hydroxylation is 2. The van der Waals surface area contributed by atoms with Crippen LogP contribution >= 0.6 is 0 Å². The number of carbonyl (C=O) groups excluding carboxylic acids is 1. The summed E-state index contributed by atoms with van der Waals surface area (Å²) in [6, 6.07) is 21.0. The maximum Gasteiger partial charge on any atom is 0.264 e. The average molecular weight is 467 g/mol. The third kappa shape index (κ3) is 5.73. The Labute approximate surface area is 196 Å². The molecule has 0 bridgehead atoms. The van der Waals surface area contributed by atoms with Crippen molar-refractivity contribution in [3.63, 3.8) is 0 Å². The fraction of sp³-hybridized carbons (Fsp3) is 0.269. The first kappa shape index (κ1) is 24.3. The number of nitrogens with one attached hydrogen (secondary N) is 1. The first-order valence-corrected chi connectivity index (χ1v) is 12.3. The minimum Gasteiger partial charge on any atom is -0.497 e. The van der Waals surface area contributed by atoms with Gasteiger partial charge in [0.25, 0.3) is 10.0 Å². The molecule has 0 heterocycles. The van der Waals surface area contributed by atoms with Crippen molar-refractivity contribution >= 4 is 21.6 Å². The van der Waals surface area contributed by atoms with Crippen LogP contribution in [0.4, 0.5) is 5.69 Å². The zero-order valence-corrected chi connectivity index (χ0v) is 20.2. The van der Waals surface area contributed by atoms with Gasteiger partial charge in [0, 0.05) is 0 Å². The van der Waals surface area contributed by atoms with E-state index in [4.69, 9.17) is 4.74 Å². The molecule has 0 aromatic heterocycles. The predicted octanol–water partition coefficient (Wildman–Crippen LogP) is 4.64. The number of carbonyl (C=O) groups is 1. The Hall–Kier alpha value is -3.32. The molecule has 174 valence electrons. The van der Waals surface area contributed by atoms with E-state index >= 15 is 0 Å². The number of nitrogens with zero attached hydrogens (tertiary/aromatic N) is 1. The Balaban J connectivity index is 1.90. The Bertz CT molecular complexity index is 1190. The molecule has 0 radical (unpaired) electrons. The van der Waals surface area contributed by atoms with E-state index in [1.807, 2.05) is 57.2 Å². The van der Waals surface area contributed by atoms with Gasteiger partial charge in [0.05, 0.1) is 23.7 Å². The molecule has 7 heteroatoms. The van der Waals surface area contributed by atoms with E-state index in [9.17, 15) is 13.2 Å². The van der Waals surface area contributed by atoms with Gasteiger partial charge in [-0.1, -0.05) is 55.0 Å². The first-order chi connectivity index (χ1) is 15.8. The molecular formula is C26H30N2O4S. The van der Waals surface area contributed by atoms with Gasteiger partial charge in [-0.25, -0.2) is 8.42 Å². The van der Waals surface area contributed by atoms with Crippen molar-refractivity contribution in [2.24, 2.45) is 0 Å². The van der Waals surface area contributed by atoms with Crippen LogP contribution in [0.5, 0.6) is 5.75 Å². The molecular weight excluding hydrogens is 436 g/mol. The molecule has 1 atom stereocenters. The van der Waals surface area contributed by atoms with Gasteiger partial charge in [0.1, 0.15) is 12.3 Å². The fourth-order valence-corrected chi connectivity index (χ4v) is 5.04. The molecule has 0 saturated carbocycles. The van der Waals surface area contributed by atoms with Gasteiger partial charge in [-0.15, -0.1) is 0 Å². The van der Waals surface area contributed by atoms with Gasteiger partial charge in [0.15, 0.2) is 0 Å². The number of hydrogen-bond acceptors (Lipinski definition) is 4. The van der Waals surface area contributed by atoms with Gasteiger partial charge in [-0.3, -0.25) is 9.10 Å². The molecule has 0 fully saturated rings. The second kappa shape index (κ2) is 10.5. The average Bonchev–Trinajstić information content (AvgIpc) is 2.82. The van der Waals surface area contributed by atoms with Crippen LogP contribution in [0.3, 0.4) is 0 Å². The first-order valence-electron chi connectivity index (χ1n) is 10.9. The van der Waals surface area contributed by atoms with E-state index in [0.29, 0.717) is 12.1 Å². The molecule has 1 N–H and O–H groups in total. The van der Waals surface area contributed by atoms with Crippen molar-refractivity contribution in [3.8, 4) is 5.75 Å². The summed E-state index contributed by atoms with van der Waals surface area (Å²) < 4.78 is 33.6. The van der Waals surface area contributed by atoms with Crippen LogP contribution in [-0.2, 0) is 21.2 Å². The second-order valence-electron chi connectivity index (χ2n) is 7.87. The summed E-state index contributed by atoms with van der Waals surface area (Å²) in [6.07, 6.45) is 0.639. The lowest BCUT2D eigenvalue weighted by atomic mass is 10.1. The van der Waals surface area contributed by atoms with E-state index in [0.717, 1.165) is 22.4 Å². The van der Waals surface area contributed by atoms with E-state index in [-0.39, 0.29) is 23.4 Å². The summed E-state index contributed by atoms with van der Waals surface area (Å²) in [5.74, 6) is 0.337. The van der Waals surface area contributed by atoms with Gasteiger partial charge < -0.3 is 10.1 Å². The highest BCUT2D eigenvalue weighted by atomic mass is 32.2. The number of anilines is 1. The molecule has 0 spiro atoms. The molecule has 1 amide bonds.